The molecule has 0 radical (unpaired) electrons. The van der Waals surface area contributed by atoms with Crippen molar-refractivity contribution >= 4 is 16.6 Å². The van der Waals surface area contributed by atoms with Crippen LogP contribution in [-0.2, 0) is 4.84 Å². The second kappa shape index (κ2) is 8.02. The molecule has 0 aliphatic carbocycles. The standard InChI is InChI=1S/C15H19N3O4/c1-21-12-5-6-14-13(11-12)15(7-9-17-14)16-8-3-2-4-10-22-18(19)20/h5-7,9,11H,2-4,8,10H2,1H3,(H,16,17). The molecule has 7 heteroatoms. The van der Waals surface area contributed by atoms with Crippen LogP contribution in [0.3, 0.4) is 0 Å². The predicted molar refractivity (Wildman–Crippen MR) is 83.6 cm³/mol. The highest BCUT2D eigenvalue weighted by Gasteiger charge is 2.03. The Hall–Kier alpha value is -2.57. The van der Waals surface area contributed by atoms with Gasteiger partial charge in [-0.25, -0.2) is 0 Å². The molecule has 1 heterocycles. The molecule has 0 bridgehead atoms. The minimum atomic E-state index is -0.755. The molecule has 0 fully saturated rings. The molecule has 0 atom stereocenters. The first-order valence-corrected chi connectivity index (χ1v) is 7.14. The zero-order chi connectivity index (χ0) is 15.8. The maximum absolute atomic E-state index is 10.0. The first-order chi connectivity index (χ1) is 10.7. The second-order valence-electron chi connectivity index (χ2n) is 4.79. The van der Waals surface area contributed by atoms with Crippen LogP contribution in [0.2, 0.25) is 0 Å². The van der Waals surface area contributed by atoms with Crippen molar-refractivity contribution in [1.82, 2.24) is 4.98 Å². The van der Waals surface area contributed by atoms with E-state index in [-0.39, 0.29) is 6.61 Å². The summed E-state index contributed by atoms with van der Waals surface area (Å²) in [6.07, 6.45) is 4.22. The number of ether oxygens (including phenoxy) is 1. The minimum Gasteiger partial charge on any atom is -0.497 e. The van der Waals surface area contributed by atoms with E-state index in [1.807, 2.05) is 24.3 Å². The lowest BCUT2D eigenvalue weighted by Gasteiger charge is -2.10. The average Bonchev–Trinajstić information content (AvgIpc) is 2.53. The molecule has 2 rings (SSSR count). The Morgan fingerprint density at radius 1 is 1.27 bits per heavy atom. The average molecular weight is 305 g/mol. The lowest BCUT2D eigenvalue weighted by molar-refractivity contribution is -0.757. The monoisotopic (exact) mass is 305 g/mol. The number of benzene rings is 1. The Bertz CT molecular complexity index is 633. The molecule has 0 aliphatic heterocycles. The van der Waals surface area contributed by atoms with Gasteiger partial charge in [0.25, 0.3) is 5.09 Å². The SMILES string of the molecule is COc1ccc2nccc(NCCCCCO[N+](=O)[O-])c2c1. The van der Waals surface area contributed by atoms with Crippen LogP contribution >= 0.6 is 0 Å². The fraction of sp³-hybridized carbons (Fsp3) is 0.400. The number of nitrogens with zero attached hydrogens (tertiary/aromatic N) is 2. The molecule has 1 aromatic heterocycles. The number of rotatable bonds is 9. The molecule has 1 N–H and O–H groups in total. The summed E-state index contributed by atoms with van der Waals surface area (Å²) < 4.78 is 5.24. The molecular formula is C15H19N3O4. The molecular weight excluding hydrogens is 286 g/mol. The van der Waals surface area contributed by atoms with E-state index in [2.05, 4.69) is 15.1 Å². The van der Waals surface area contributed by atoms with E-state index >= 15 is 0 Å². The van der Waals surface area contributed by atoms with Crippen LogP contribution in [0.1, 0.15) is 19.3 Å². The number of hydrogen-bond donors (Lipinski definition) is 1. The van der Waals surface area contributed by atoms with Gasteiger partial charge in [-0.05, 0) is 43.5 Å². The Morgan fingerprint density at radius 2 is 2.14 bits per heavy atom. The summed E-state index contributed by atoms with van der Waals surface area (Å²) in [6.45, 7) is 0.942. The number of unbranched alkanes of at least 4 members (excludes halogenated alkanes) is 2. The van der Waals surface area contributed by atoms with E-state index in [0.29, 0.717) is 6.42 Å². The van der Waals surface area contributed by atoms with Gasteiger partial charge in [0.2, 0.25) is 0 Å². The number of methoxy groups -OCH3 is 1. The number of hydrogen-bond acceptors (Lipinski definition) is 6. The van der Waals surface area contributed by atoms with Crippen molar-refractivity contribution in [1.29, 1.82) is 0 Å². The molecule has 0 aliphatic rings. The van der Waals surface area contributed by atoms with Crippen molar-refractivity contribution in [2.75, 3.05) is 25.6 Å². The Kier molecular flexibility index (Phi) is 5.76. The maximum Gasteiger partial charge on any atom is 0.294 e. The highest BCUT2D eigenvalue weighted by atomic mass is 16.9. The van der Waals surface area contributed by atoms with Crippen LogP contribution in [0.25, 0.3) is 10.9 Å². The van der Waals surface area contributed by atoms with Crippen molar-refractivity contribution in [2.45, 2.75) is 19.3 Å². The zero-order valence-electron chi connectivity index (χ0n) is 12.4. The molecule has 0 unspecified atom stereocenters. The molecule has 0 saturated carbocycles. The van der Waals surface area contributed by atoms with Crippen molar-refractivity contribution in [3.8, 4) is 5.75 Å². The van der Waals surface area contributed by atoms with Crippen LogP contribution in [0.4, 0.5) is 5.69 Å². The molecule has 0 amide bonds. The number of pyridine rings is 1. The highest BCUT2D eigenvalue weighted by molar-refractivity contribution is 5.92. The third kappa shape index (κ3) is 4.47. The second-order valence-corrected chi connectivity index (χ2v) is 4.79. The quantitative estimate of drug-likeness (QED) is 0.435. The van der Waals surface area contributed by atoms with Crippen LogP contribution < -0.4 is 10.1 Å². The first kappa shape index (κ1) is 15.8. The topological polar surface area (TPSA) is 86.5 Å². The van der Waals surface area contributed by atoms with Gasteiger partial charge in [0, 0.05) is 23.8 Å². The summed E-state index contributed by atoms with van der Waals surface area (Å²) >= 11 is 0. The van der Waals surface area contributed by atoms with Gasteiger partial charge in [0.15, 0.2) is 0 Å². The third-order valence-electron chi connectivity index (χ3n) is 3.28. The Morgan fingerprint density at radius 3 is 2.91 bits per heavy atom. The van der Waals surface area contributed by atoms with Crippen LogP contribution in [0.15, 0.2) is 30.5 Å². The first-order valence-electron chi connectivity index (χ1n) is 7.14. The zero-order valence-corrected chi connectivity index (χ0v) is 12.4. The van der Waals surface area contributed by atoms with Gasteiger partial charge >= 0.3 is 0 Å². The minimum absolute atomic E-state index is 0.155. The number of anilines is 1. The van der Waals surface area contributed by atoms with Crippen LogP contribution in [-0.4, -0.2) is 30.3 Å². The lowest BCUT2D eigenvalue weighted by Crippen LogP contribution is -2.05. The van der Waals surface area contributed by atoms with Crippen molar-refractivity contribution < 1.29 is 14.7 Å². The van der Waals surface area contributed by atoms with Gasteiger partial charge < -0.3 is 14.9 Å². The summed E-state index contributed by atoms with van der Waals surface area (Å²) in [7, 11) is 1.64. The van der Waals surface area contributed by atoms with E-state index in [0.717, 1.165) is 41.7 Å². The van der Waals surface area contributed by atoms with E-state index in [1.165, 1.54) is 0 Å². The van der Waals surface area contributed by atoms with E-state index in [1.54, 1.807) is 13.3 Å². The Balaban J connectivity index is 1.85. The van der Waals surface area contributed by atoms with Crippen molar-refractivity contribution in [3.05, 3.63) is 40.6 Å². The molecule has 2 aromatic rings. The number of aromatic nitrogens is 1. The normalized spacial score (nSPS) is 10.4. The van der Waals surface area contributed by atoms with E-state index < -0.39 is 5.09 Å². The van der Waals surface area contributed by atoms with Crippen molar-refractivity contribution in [2.24, 2.45) is 0 Å². The summed E-state index contributed by atoms with van der Waals surface area (Å²) in [5.41, 5.74) is 1.91. The molecule has 0 spiro atoms. The van der Waals surface area contributed by atoms with Gasteiger partial charge in [-0.15, -0.1) is 10.1 Å². The maximum atomic E-state index is 10.0. The fourth-order valence-corrected chi connectivity index (χ4v) is 2.17. The van der Waals surface area contributed by atoms with Gasteiger partial charge in [-0.1, -0.05) is 0 Å². The summed E-state index contributed by atoms with van der Waals surface area (Å²) in [6, 6.07) is 7.69. The largest absolute Gasteiger partial charge is 0.497 e. The van der Waals surface area contributed by atoms with Crippen LogP contribution in [0, 0.1) is 10.1 Å². The summed E-state index contributed by atoms with van der Waals surface area (Å²) in [5.74, 6) is 0.792. The van der Waals surface area contributed by atoms with Crippen LogP contribution in [0.5, 0.6) is 5.75 Å². The lowest BCUT2D eigenvalue weighted by atomic mass is 10.1. The van der Waals surface area contributed by atoms with E-state index in [9.17, 15) is 10.1 Å². The third-order valence-corrected chi connectivity index (χ3v) is 3.28. The van der Waals surface area contributed by atoms with Gasteiger partial charge in [-0.2, -0.15) is 0 Å². The highest BCUT2D eigenvalue weighted by Crippen LogP contribution is 2.25. The summed E-state index contributed by atoms with van der Waals surface area (Å²) in [4.78, 5) is 18.6. The molecule has 0 saturated heterocycles. The molecule has 7 nitrogen and oxygen atoms in total. The van der Waals surface area contributed by atoms with E-state index in [4.69, 9.17) is 4.74 Å². The van der Waals surface area contributed by atoms with Gasteiger partial charge in [-0.3, -0.25) is 4.98 Å². The molecule has 22 heavy (non-hydrogen) atoms. The number of fused-ring (bicyclic) bond motifs is 1. The Labute approximate surface area is 128 Å². The van der Waals surface area contributed by atoms with Crippen molar-refractivity contribution in [3.63, 3.8) is 0 Å². The van der Waals surface area contributed by atoms with Gasteiger partial charge in [0.05, 0.1) is 19.2 Å². The predicted octanol–water partition coefficient (Wildman–Crippen LogP) is 3.03. The summed E-state index contributed by atoms with van der Waals surface area (Å²) in [5, 5.41) is 13.6. The number of nitrogens with one attached hydrogen (secondary N) is 1. The smallest absolute Gasteiger partial charge is 0.294 e. The van der Waals surface area contributed by atoms with Gasteiger partial charge in [0.1, 0.15) is 5.75 Å². The molecule has 118 valence electrons. The molecule has 1 aromatic carbocycles. The fourth-order valence-electron chi connectivity index (χ4n) is 2.17.